The lowest BCUT2D eigenvalue weighted by Gasteiger charge is -2.27. The van der Waals surface area contributed by atoms with Gasteiger partial charge in [0.05, 0.1) is 18.1 Å². The first-order valence-corrected chi connectivity index (χ1v) is 13.7. The maximum absolute atomic E-state index is 13.5. The summed E-state index contributed by atoms with van der Waals surface area (Å²) in [5.41, 5.74) is 13.7. The molecule has 1 amide bonds. The van der Waals surface area contributed by atoms with E-state index in [0.717, 1.165) is 77.7 Å². The number of rotatable bonds is 6. The molecular weight excluding hydrogens is 502 g/mol. The van der Waals surface area contributed by atoms with Gasteiger partial charge in [-0.05, 0) is 89.2 Å². The third kappa shape index (κ3) is 5.78. The second-order valence-electron chi connectivity index (χ2n) is 11.4. The van der Waals surface area contributed by atoms with Crippen molar-refractivity contribution in [3.05, 3.63) is 71.2 Å². The van der Waals surface area contributed by atoms with Crippen LogP contribution in [-0.2, 0) is 12.6 Å². The number of hydrogen-bond donors (Lipinski definition) is 2. The predicted molar refractivity (Wildman–Crippen MR) is 159 cm³/mol. The van der Waals surface area contributed by atoms with Crippen LogP contribution in [0.25, 0.3) is 16.9 Å². The van der Waals surface area contributed by atoms with Gasteiger partial charge < -0.3 is 20.9 Å². The molecule has 1 aliphatic heterocycles. The second kappa shape index (κ2) is 10.9. The van der Waals surface area contributed by atoms with Crippen LogP contribution in [0.2, 0.25) is 0 Å². The number of amides is 1. The molecule has 2 aromatic carbocycles. The van der Waals surface area contributed by atoms with Crippen LogP contribution in [-0.4, -0.2) is 68.8 Å². The smallest absolute Gasteiger partial charge is 0.255 e. The molecule has 10 nitrogen and oxygen atoms in total. The number of nitrogens with two attached hydrogens (primary N) is 1. The summed E-state index contributed by atoms with van der Waals surface area (Å²) in [7, 11) is 4.06. The first kappa shape index (κ1) is 27.5. The van der Waals surface area contributed by atoms with E-state index in [2.05, 4.69) is 43.6 Å². The van der Waals surface area contributed by atoms with Gasteiger partial charge in [0.15, 0.2) is 0 Å². The summed E-state index contributed by atoms with van der Waals surface area (Å²) in [6.45, 7) is 11.9. The Labute approximate surface area is 235 Å². The van der Waals surface area contributed by atoms with Gasteiger partial charge in [-0.15, -0.1) is 5.10 Å². The number of anilines is 2. The van der Waals surface area contributed by atoms with Gasteiger partial charge >= 0.3 is 0 Å². The Balaban J connectivity index is 1.42. The summed E-state index contributed by atoms with van der Waals surface area (Å²) >= 11 is 0. The van der Waals surface area contributed by atoms with Crippen molar-refractivity contribution in [2.75, 3.05) is 43.4 Å². The molecule has 3 N–H and O–H groups in total. The van der Waals surface area contributed by atoms with E-state index in [9.17, 15) is 4.79 Å². The molecule has 0 atom stereocenters. The average Bonchev–Trinajstić information content (AvgIpc) is 3.44. The summed E-state index contributed by atoms with van der Waals surface area (Å²) in [5, 5.41) is 16.1. The van der Waals surface area contributed by atoms with Crippen molar-refractivity contribution in [3.8, 4) is 16.9 Å². The third-order valence-electron chi connectivity index (χ3n) is 7.73. The zero-order valence-electron chi connectivity index (χ0n) is 24.3. The summed E-state index contributed by atoms with van der Waals surface area (Å²) < 4.78 is 3.52. The van der Waals surface area contributed by atoms with Crippen molar-refractivity contribution in [2.45, 2.75) is 39.7 Å². The first-order valence-electron chi connectivity index (χ1n) is 13.7. The minimum absolute atomic E-state index is 0.196. The minimum Gasteiger partial charge on any atom is -0.370 e. The Bertz CT molecular complexity index is 1530. The normalized spacial score (nSPS) is 14.8. The number of carbonyl (C=O) groups excluding carboxylic acids is 1. The first-order chi connectivity index (χ1) is 19.0. The third-order valence-corrected chi connectivity index (χ3v) is 7.73. The van der Waals surface area contributed by atoms with Crippen molar-refractivity contribution in [1.82, 2.24) is 29.7 Å². The Kier molecular flexibility index (Phi) is 7.48. The van der Waals surface area contributed by atoms with E-state index >= 15 is 0 Å². The van der Waals surface area contributed by atoms with Crippen LogP contribution in [0, 0.1) is 13.8 Å². The average molecular weight is 542 g/mol. The Morgan fingerprint density at radius 1 is 1.02 bits per heavy atom. The molecule has 0 saturated carbocycles. The van der Waals surface area contributed by atoms with E-state index in [0.29, 0.717) is 5.56 Å². The highest BCUT2D eigenvalue weighted by molar-refractivity contribution is 6.05. The number of nitrogens with zero attached hydrogens (tertiary/aromatic N) is 7. The Hall–Kier alpha value is -4.02. The predicted octanol–water partition coefficient (Wildman–Crippen LogP) is 3.87. The van der Waals surface area contributed by atoms with Gasteiger partial charge in [0.25, 0.3) is 5.91 Å². The lowest BCUT2D eigenvalue weighted by molar-refractivity contribution is 0.102. The zero-order chi connectivity index (χ0) is 28.6. The van der Waals surface area contributed by atoms with Gasteiger partial charge in [-0.3, -0.25) is 9.48 Å². The highest BCUT2D eigenvalue weighted by Crippen LogP contribution is 2.29. The number of likely N-dealkylation sites (N-methyl/N-ethyl adjacent to an activating group) is 1. The molecule has 2 aromatic heterocycles. The Morgan fingerprint density at radius 3 is 2.55 bits per heavy atom. The van der Waals surface area contributed by atoms with E-state index in [1.54, 1.807) is 10.9 Å². The van der Waals surface area contributed by atoms with Crippen LogP contribution in [0.4, 0.5) is 11.4 Å². The van der Waals surface area contributed by atoms with Crippen LogP contribution in [0.15, 0.2) is 48.8 Å². The maximum Gasteiger partial charge on any atom is 0.255 e. The SMILES string of the molecule is Cc1ccc(C(=O)Nc2cc(N3CCCN(C)CC3)cc(C(C)(C)N)c2)cc1-n1cc(-c2cnn(C)c2C)nn1. The van der Waals surface area contributed by atoms with Crippen LogP contribution < -0.4 is 16.0 Å². The van der Waals surface area contributed by atoms with Crippen LogP contribution in [0.5, 0.6) is 0 Å². The van der Waals surface area contributed by atoms with Gasteiger partial charge in [0.2, 0.25) is 0 Å². The molecular formula is C30H39N9O. The molecule has 0 spiro atoms. The quantitative estimate of drug-likeness (QED) is 0.381. The molecule has 40 heavy (non-hydrogen) atoms. The molecule has 0 unspecified atom stereocenters. The van der Waals surface area contributed by atoms with E-state index in [1.165, 1.54) is 0 Å². The van der Waals surface area contributed by atoms with Gasteiger partial charge in [0, 0.05) is 60.4 Å². The zero-order valence-corrected chi connectivity index (χ0v) is 24.3. The van der Waals surface area contributed by atoms with E-state index in [-0.39, 0.29) is 5.91 Å². The van der Waals surface area contributed by atoms with Crippen LogP contribution in [0.3, 0.4) is 0 Å². The van der Waals surface area contributed by atoms with E-state index in [4.69, 9.17) is 5.73 Å². The Morgan fingerprint density at radius 2 is 1.82 bits per heavy atom. The molecule has 4 aromatic rings. The number of hydrogen-bond acceptors (Lipinski definition) is 7. The van der Waals surface area contributed by atoms with Gasteiger partial charge in [-0.1, -0.05) is 11.3 Å². The number of aryl methyl sites for hydroxylation is 2. The molecule has 5 rings (SSSR count). The fourth-order valence-electron chi connectivity index (χ4n) is 5.00. The highest BCUT2D eigenvalue weighted by Gasteiger charge is 2.21. The summed E-state index contributed by atoms with van der Waals surface area (Å²) in [6.07, 6.45) is 4.74. The van der Waals surface area contributed by atoms with Crippen LogP contribution in [0.1, 0.15) is 47.4 Å². The summed E-state index contributed by atoms with van der Waals surface area (Å²) in [4.78, 5) is 18.2. The molecule has 3 heterocycles. The van der Waals surface area contributed by atoms with Crippen molar-refractivity contribution < 1.29 is 4.79 Å². The second-order valence-corrected chi connectivity index (χ2v) is 11.4. The molecule has 1 fully saturated rings. The topological polar surface area (TPSA) is 110 Å². The fraction of sp³-hybridized carbons (Fsp3) is 0.400. The monoisotopic (exact) mass is 541 g/mol. The molecule has 0 bridgehead atoms. The molecule has 1 aliphatic rings. The summed E-state index contributed by atoms with van der Waals surface area (Å²) in [6, 6.07) is 11.8. The highest BCUT2D eigenvalue weighted by atomic mass is 16.1. The number of benzene rings is 2. The molecule has 10 heteroatoms. The van der Waals surface area contributed by atoms with Crippen molar-refractivity contribution in [1.29, 1.82) is 0 Å². The fourth-order valence-corrected chi connectivity index (χ4v) is 5.00. The largest absolute Gasteiger partial charge is 0.370 e. The van der Waals surface area contributed by atoms with E-state index < -0.39 is 5.54 Å². The van der Waals surface area contributed by atoms with Crippen molar-refractivity contribution >= 4 is 17.3 Å². The molecule has 0 aliphatic carbocycles. The van der Waals surface area contributed by atoms with Crippen molar-refractivity contribution in [3.63, 3.8) is 0 Å². The van der Waals surface area contributed by atoms with Crippen LogP contribution >= 0.6 is 0 Å². The van der Waals surface area contributed by atoms with Gasteiger partial charge in [-0.25, -0.2) is 4.68 Å². The molecule has 1 saturated heterocycles. The summed E-state index contributed by atoms with van der Waals surface area (Å²) in [5.74, 6) is -0.196. The number of nitrogens with one attached hydrogen (secondary N) is 1. The van der Waals surface area contributed by atoms with E-state index in [1.807, 2.05) is 76.0 Å². The number of aromatic nitrogens is 5. The number of carbonyl (C=O) groups is 1. The van der Waals surface area contributed by atoms with Gasteiger partial charge in [0.1, 0.15) is 5.69 Å². The van der Waals surface area contributed by atoms with Gasteiger partial charge in [-0.2, -0.15) is 5.10 Å². The van der Waals surface area contributed by atoms with Crippen molar-refractivity contribution in [2.24, 2.45) is 12.8 Å². The minimum atomic E-state index is -0.549. The standard InChI is InChI=1S/C30H39N9O/c1-20-8-9-22(14-28(20)39-19-27(34-35-39)26-18-32-37(6)21(26)2)29(40)33-24-15-23(30(3,4)31)16-25(17-24)38-11-7-10-36(5)12-13-38/h8-9,14-19H,7,10-13,31H2,1-6H3,(H,33,40). The molecule has 0 radical (unpaired) electrons. The lowest BCUT2D eigenvalue weighted by atomic mass is 9.94. The lowest BCUT2D eigenvalue weighted by Crippen LogP contribution is -2.31. The maximum atomic E-state index is 13.5. The molecule has 210 valence electrons.